The van der Waals surface area contributed by atoms with Crippen LogP contribution in [-0.2, 0) is 0 Å². The van der Waals surface area contributed by atoms with Gasteiger partial charge in [-0.25, -0.2) is 4.98 Å². The number of hydrogen-bond acceptors (Lipinski definition) is 8. The molecule has 0 radical (unpaired) electrons. The smallest absolute Gasteiger partial charge is 0.289 e. The van der Waals surface area contributed by atoms with Gasteiger partial charge in [-0.05, 0) is 38.5 Å². The number of nitrogens with two attached hydrogens (primary N) is 1. The van der Waals surface area contributed by atoms with Crippen molar-refractivity contribution >= 4 is 41.0 Å². The van der Waals surface area contributed by atoms with E-state index in [1.165, 1.54) is 6.26 Å². The van der Waals surface area contributed by atoms with Crippen LogP contribution in [0, 0.1) is 0 Å². The molecule has 9 nitrogen and oxygen atoms in total. The van der Waals surface area contributed by atoms with Crippen molar-refractivity contribution < 1.29 is 18.7 Å². The zero-order valence-corrected chi connectivity index (χ0v) is 19.6. The van der Waals surface area contributed by atoms with E-state index in [1.54, 1.807) is 43.4 Å². The molecular formula is C22H30ClN5O4. The van der Waals surface area contributed by atoms with Crippen LogP contribution in [0.25, 0.3) is 10.9 Å². The Labute approximate surface area is 193 Å². The molecule has 1 aromatic carbocycles. The average molecular weight is 464 g/mol. The lowest BCUT2D eigenvalue weighted by atomic mass is 10.2. The van der Waals surface area contributed by atoms with Gasteiger partial charge in [0.1, 0.15) is 5.82 Å². The second kappa shape index (κ2) is 11.4. The van der Waals surface area contributed by atoms with Crippen LogP contribution in [0.2, 0.25) is 0 Å². The number of nitrogen functional groups attached to an aromatic ring is 1. The van der Waals surface area contributed by atoms with Gasteiger partial charge in [-0.15, -0.1) is 12.4 Å². The van der Waals surface area contributed by atoms with Gasteiger partial charge in [0.25, 0.3) is 5.91 Å². The highest BCUT2D eigenvalue weighted by molar-refractivity contribution is 5.92. The normalized spacial score (nSPS) is 10.5. The van der Waals surface area contributed by atoms with Gasteiger partial charge in [0, 0.05) is 37.6 Å². The highest BCUT2D eigenvalue weighted by Gasteiger charge is 2.18. The maximum absolute atomic E-state index is 12.5. The average Bonchev–Trinajstić information content (AvgIpc) is 3.33. The summed E-state index contributed by atoms with van der Waals surface area (Å²) in [5.74, 6) is 2.32. The number of aromatic nitrogens is 2. The van der Waals surface area contributed by atoms with Gasteiger partial charge in [0.05, 0.1) is 26.0 Å². The molecule has 0 aliphatic heterocycles. The molecule has 10 heteroatoms. The Morgan fingerprint density at radius 3 is 2.41 bits per heavy atom. The van der Waals surface area contributed by atoms with Crippen molar-refractivity contribution in [3.05, 3.63) is 36.3 Å². The molecule has 2 heterocycles. The van der Waals surface area contributed by atoms with E-state index in [2.05, 4.69) is 9.97 Å². The summed E-state index contributed by atoms with van der Waals surface area (Å²) in [6, 6.07) is 6.97. The van der Waals surface area contributed by atoms with Crippen LogP contribution in [0.4, 0.5) is 11.8 Å². The molecule has 0 atom stereocenters. The summed E-state index contributed by atoms with van der Waals surface area (Å²) >= 11 is 0. The van der Waals surface area contributed by atoms with Gasteiger partial charge in [0.15, 0.2) is 17.3 Å². The van der Waals surface area contributed by atoms with Crippen LogP contribution in [-0.4, -0.2) is 61.2 Å². The first kappa shape index (κ1) is 25.1. The van der Waals surface area contributed by atoms with E-state index in [0.29, 0.717) is 66.1 Å². The Morgan fingerprint density at radius 2 is 1.81 bits per heavy atom. The number of benzene rings is 1. The summed E-state index contributed by atoms with van der Waals surface area (Å²) in [6.07, 6.45) is 2.26. The van der Waals surface area contributed by atoms with E-state index in [4.69, 9.17) is 19.6 Å². The fourth-order valence-corrected chi connectivity index (χ4v) is 3.42. The van der Waals surface area contributed by atoms with E-state index < -0.39 is 0 Å². The number of methoxy groups -OCH3 is 2. The summed E-state index contributed by atoms with van der Waals surface area (Å²) in [6.45, 7) is 6.57. The molecule has 3 rings (SSSR count). The van der Waals surface area contributed by atoms with E-state index in [-0.39, 0.29) is 18.3 Å². The first-order valence-electron chi connectivity index (χ1n) is 10.3. The Morgan fingerprint density at radius 1 is 1.09 bits per heavy atom. The van der Waals surface area contributed by atoms with E-state index in [0.717, 1.165) is 6.42 Å². The Bertz CT molecular complexity index is 1030. The molecule has 0 saturated heterocycles. The number of anilines is 2. The minimum absolute atomic E-state index is 0. The SMILES string of the molecule is CCN(CCCN(CC)c1nc(N)c2cc(OC)c(OC)cc2n1)C(=O)c1ccco1.Cl. The number of ether oxygens (including phenoxy) is 2. The zero-order valence-electron chi connectivity index (χ0n) is 18.8. The summed E-state index contributed by atoms with van der Waals surface area (Å²) in [7, 11) is 3.15. The largest absolute Gasteiger partial charge is 0.493 e. The van der Waals surface area contributed by atoms with Crippen molar-refractivity contribution in [2.24, 2.45) is 0 Å². The third kappa shape index (κ3) is 5.34. The van der Waals surface area contributed by atoms with Crippen molar-refractivity contribution in [2.45, 2.75) is 20.3 Å². The topological polar surface area (TPSA) is 107 Å². The van der Waals surface area contributed by atoms with Crippen LogP contribution >= 0.6 is 12.4 Å². The Kier molecular flexibility index (Phi) is 8.95. The minimum Gasteiger partial charge on any atom is -0.493 e. The van der Waals surface area contributed by atoms with Gasteiger partial charge < -0.3 is 29.4 Å². The number of amides is 1. The van der Waals surface area contributed by atoms with Crippen molar-refractivity contribution in [1.29, 1.82) is 0 Å². The molecule has 0 fully saturated rings. The first-order valence-corrected chi connectivity index (χ1v) is 10.3. The van der Waals surface area contributed by atoms with Crippen molar-refractivity contribution in [1.82, 2.24) is 14.9 Å². The lowest BCUT2D eigenvalue weighted by Gasteiger charge is -2.24. The molecule has 2 aromatic heterocycles. The molecule has 0 unspecified atom stereocenters. The predicted octanol–water partition coefficient (Wildman–Crippen LogP) is 3.62. The Hall–Kier alpha value is -3.20. The molecule has 174 valence electrons. The van der Waals surface area contributed by atoms with Crippen molar-refractivity contribution in [3.8, 4) is 11.5 Å². The number of fused-ring (bicyclic) bond motifs is 1. The molecular weight excluding hydrogens is 434 g/mol. The lowest BCUT2D eigenvalue weighted by Crippen LogP contribution is -2.34. The molecule has 0 saturated carbocycles. The second-order valence-electron chi connectivity index (χ2n) is 6.93. The van der Waals surface area contributed by atoms with Crippen LogP contribution in [0.3, 0.4) is 0 Å². The highest BCUT2D eigenvalue weighted by Crippen LogP contribution is 2.34. The molecule has 0 aliphatic carbocycles. The maximum atomic E-state index is 12.5. The first-order chi connectivity index (χ1) is 15.0. The molecule has 0 spiro atoms. The van der Waals surface area contributed by atoms with Crippen LogP contribution in [0.5, 0.6) is 11.5 Å². The molecule has 2 N–H and O–H groups in total. The minimum atomic E-state index is -0.109. The van der Waals surface area contributed by atoms with E-state index in [9.17, 15) is 4.79 Å². The summed E-state index contributed by atoms with van der Waals surface area (Å²) in [5.41, 5.74) is 6.90. The number of furan rings is 1. The fraction of sp³-hybridized carbons (Fsp3) is 0.409. The predicted molar refractivity (Wildman–Crippen MR) is 127 cm³/mol. The van der Waals surface area contributed by atoms with Gasteiger partial charge >= 0.3 is 0 Å². The monoisotopic (exact) mass is 463 g/mol. The molecule has 1 amide bonds. The zero-order chi connectivity index (χ0) is 22.4. The quantitative estimate of drug-likeness (QED) is 0.485. The number of carbonyl (C=O) groups excluding carboxylic acids is 1. The molecule has 0 aliphatic rings. The van der Waals surface area contributed by atoms with Crippen LogP contribution in [0.15, 0.2) is 34.9 Å². The summed E-state index contributed by atoms with van der Waals surface area (Å²) in [4.78, 5) is 25.5. The molecule has 32 heavy (non-hydrogen) atoms. The third-order valence-corrected chi connectivity index (χ3v) is 5.14. The number of carbonyl (C=O) groups is 1. The number of halogens is 1. The molecule has 0 bridgehead atoms. The lowest BCUT2D eigenvalue weighted by molar-refractivity contribution is 0.0731. The van der Waals surface area contributed by atoms with Crippen LogP contribution in [0.1, 0.15) is 30.8 Å². The maximum Gasteiger partial charge on any atom is 0.289 e. The second-order valence-corrected chi connectivity index (χ2v) is 6.93. The standard InChI is InChI=1S/C22H29N5O4.ClH/c1-5-26(21(28)17-9-7-12-31-17)10-8-11-27(6-2)22-24-16-14-19(30-4)18(29-3)13-15(16)20(23)25-22;/h7,9,12-14H,5-6,8,10-11H2,1-4H3,(H2,23,24,25);1H. The number of nitrogens with zero attached hydrogens (tertiary/aromatic N) is 4. The van der Waals surface area contributed by atoms with Crippen molar-refractivity contribution in [2.75, 3.05) is 51.0 Å². The van der Waals surface area contributed by atoms with Crippen molar-refractivity contribution in [3.63, 3.8) is 0 Å². The third-order valence-electron chi connectivity index (χ3n) is 5.14. The highest BCUT2D eigenvalue weighted by atomic mass is 35.5. The van der Waals surface area contributed by atoms with Gasteiger partial charge in [-0.1, -0.05) is 0 Å². The summed E-state index contributed by atoms with van der Waals surface area (Å²) in [5, 5.41) is 0.707. The van der Waals surface area contributed by atoms with Crippen LogP contribution < -0.4 is 20.1 Å². The van der Waals surface area contributed by atoms with E-state index >= 15 is 0 Å². The molecule has 3 aromatic rings. The van der Waals surface area contributed by atoms with E-state index in [1.807, 2.05) is 18.7 Å². The number of hydrogen-bond donors (Lipinski definition) is 1. The summed E-state index contributed by atoms with van der Waals surface area (Å²) < 4.78 is 16.0. The van der Waals surface area contributed by atoms with Gasteiger partial charge in [0.2, 0.25) is 5.95 Å². The fourth-order valence-electron chi connectivity index (χ4n) is 3.42. The Balaban J connectivity index is 0.00000363. The van der Waals surface area contributed by atoms with Gasteiger partial charge in [-0.2, -0.15) is 4.98 Å². The number of rotatable bonds is 10. The van der Waals surface area contributed by atoms with Gasteiger partial charge in [-0.3, -0.25) is 4.79 Å².